The smallest absolute Gasteiger partial charge is 0.305 e. The van der Waals surface area contributed by atoms with E-state index in [1.54, 1.807) is 24.0 Å². The molecule has 7 heteroatoms. The van der Waals surface area contributed by atoms with Crippen LogP contribution >= 0.6 is 35.0 Å². The van der Waals surface area contributed by atoms with E-state index in [2.05, 4.69) is 4.98 Å². The summed E-state index contributed by atoms with van der Waals surface area (Å²) in [6, 6.07) is 5.48. The van der Waals surface area contributed by atoms with Gasteiger partial charge in [0.25, 0.3) is 0 Å². The van der Waals surface area contributed by atoms with Crippen LogP contribution in [0.25, 0.3) is 0 Å². The average Bonchev–Trinajstić information content (AvgIpc) is 2.94. The van der Waals surface area contributed by atoms with Crippen molar-refractivity contribution in [3.63, 3.8) is 0 Å². The molecule has 0 atom stereocenters. The first-order chi connectivity index (χ1) is 11.1. The van der Waals surface area contributed by atoms with Gasteiger partial charge in [0, 0.05) is 34.6 Å². The molecule has 0 spiro atoms. The molecule has 0 aliphatic rings. The van der Waals surface area contributed by atoms with Crippen molar-refractivity contribution in [3.05, 3.63) is 46.2 Å². The Hall–Kier alpha value is -1.17. The third-order valence-corrected chi connectivity index (χ3v) is 4.77. The number of rotatable bonds is 8. The molecule has 0 saturated heterocycles. The maximum atomic E-state index is 11.3. The molecular weight excluding hydrogens is 355 g/mol. The van der Waals surface area contributed by atoms with E-state index in [4.69, 9.17) is 27.9 Å². The zero-order valence-corrected chi connectivity index (χ0v) is 15.1. The highest BCUT2D eigenvalue weighted by atomic mass is 35.5. The molecule has 1 heterocycles. The summed E-state index contributed by atoms with van der Waals surface area (Å²) in [5.41, 5.74) is 0.988. The van der Waals surface area contributed by atoms with Gasteiger partial charge in [0.1, 0.15) is 0 Å². The fourth-order valence-electron chi connectivity index (χ4n) is 2.00. The molecule has 2 aromatic rings. The van der Waals surface area contributed by atoms with Crippen molar-refractivity contribution < 1.29 is 9.53 Å². The molecule has 0 aliphatic heterocycles. The summed E-state index contributed by atoms with van der Waals surface area (Å²) in [5.74, 6) is 0.661. The van der Waals surface area contributed by atoms with Crippen LogP contribution in [0.15, 0.2) is 35.7 Å². The zero-order chi connectivity index (χ0) is 16.7. The maximum Gasteiger partial charge on any atom is 0.305 e. The van der Waals surface area contributed by atoms with Crippen molar-refractivity contribution in [1.82, 2.24) is 9.55 Å². The molecule has 124 valence electrons. The summed E-state index contributed by atoms with van der Waals surface area (Å²) in [6.07, 6.45) is 4.87. The summed E-state index contributed by atoms with van der Waals surface area (Å²) < 4.78 is 6.94. The predicted octanol–water partition coefficient (Wildman–Crippen LogP) is 4.67. The van der Waals surface area contributed by atoms with Crippen molar-refractivity contribution >= 4 is 40.9 Å². The molecule has 0 unspecified atom stereocenters. The molecule has 0 N–H and O–H groups in total. The van der Waals surface area contributed by atoms with E-state index in [1.165, 1.54) is 0 Å². The van der Waals surface area contributed by atoms with Gasteiger partial charge in [0.2, 0.25) is 0 Å². The van der Waals surface area contributed by atoms with E-state index >= 15 is 0 Å². The number of hydrogen-bond donors (Lipinski definition) is 0. The molecule has 0 amide bonds. The standard InChI is InChI=1S/C16H18Cl2N2O2S/c1-2-22-15(21)4-3-9-23-16-19-7-8-20(16)11-12-5-6-13(17)10-14(12)18/h5-8,10H,2-4,9,11H2,1H3. The second-order valence-electron chi connectivity index (χ2n) is 4.83. The monoisotopic (exact) mass is 372 g/mol. The molecule has 4 nitrogen and oxygen atoms in total. The van der Waals surface area contributed by atoms with Gasteiger partial charge in [-0.2, -0.15) is 0 Å². The second-order valence-corrected chi connectivity index (χ2v) is 6.74. The van der Waals surface area contributed by atoms with Gasteiger partial charge in [-0.25, -0.2) is 4.98 Å². The van der Waals surface area contributed by atoms with Gasteiger partial charge in [0.05, 0.1) is 13.2 Å². The number of halogens is 2. The lowest BCUT2D eigenvalue weighted by molar-refractivity contribution is -0.143. The van der Waals surface area contributed by atoms with Gasteiger partial charge < -0.3 is 9.30 Å². The first-order valence-corrected chi connectivity index (χ1v) is 9.07. The quantitative estimate of drug-likeness (QED) is 0.383. The zero-order valence-electron chi connectivity index (χ0n) is 12.8. The van der Waals surface area contributed by atoms with Crippen molar-refractivity contribution in [2.75, 3.05) is 12.4 Å². The summed E-state index contributed by atoms with van der Waals surface area (Å²) in [4.78, 5) is 15.7. The molecule has 23 heavy (non-hydrogen) atoms. The number of thioether (sulfide) groups is 1. The normalized spacial score (nSPS) is 10.7. The minimum absolute atomic E-state index is 0.149. The van der Waals surface area contributed by atoms with Gasteiger partial charge in [-0.05, 0) is 31.0 Å². The van der Waals surface area contributed by atoms with E-state index in [9.17, 15) is 4.79 Å². The topological polar surface area (TPSA) is 44.1 Å². The SMILES string of the molecule is CCOC(=O)CCCSc1nccn1Cc1ccc(Cl)cc1Cl. The molecule has 0 aliphatic carbocycles. The van der Waals surface area contributed by atoms with E-state index in [1.807, 2.05) is 29.8 Å². The van der Waals surface area contributed by atoms with E-state index < -0.39 is 0 Å². The van der Waals surface area contributed by atoms with Crippen LogP contribution in [-0.2, 0) is 16.1 Å². The third-order valence-electron chi connectivity index (χ3n) is 3.09. The van der Waals surface area contributed by atoms with Gasteiger partial charge in [0.15, 0.2) is 5.16 Å². The summed E-state index contributed by atoms with van der Waals surface area (Å²) >= 11 is 13.7. The number of hydrogen-bond acceptors (Lipinski definition) is 4. The first kappa shape index (κ1) is 18.2. The fraction of sp³-hybridized carbons (Fsp3) is 0.375. The van der Waals surface area contributed by atoms with E-state index in [0.717, 1.165) is 22.9 Å². The van der Waals surface area contributed by atoms with Crippen LogP contribution in [0, 0.1) is 0 Å². The molecule has 0 saturated carbocycles. The van der Waals surface area contributed by atoms with Crippen LogP contribution in [0.5, 0.6) is 0 Å². The largest absolute Gasteiger partial charge is 0.466 e. The van der Waals surface area contributed by atoms with Crippen LogP contribution in [0.4, 0.5) is 0 Å². The van der Waals surface area contributed by atoms with Gasteiger partial charge in [-0.15, -0.1) is 0 Å². The molecule has 0 bridgehead atoms. The lowest BCUT2D eigenvalue weighted by Gasteiger charge is -2.09. The Labute approximate surface area is 150 Å². The summed E-state index contributed by atoms with van der Waals surface area (Å²) in [5, 5.41) is 2.17. The number of carbonyl (C=O) groups excluding carboxylic acids is 1. The number of carbonyl (C=O) groups is 1. The number of ether oxygens (including phenoxy) is 1. The maximum absolute atomic E-state index is 11.3. The van der Waals surface area contributed by atoms with Crippen LogP contribution < -0.4 is 0 Å². The molecular formula is C16H18Cl2N2O2S. The lowest BCUT2D eigenvalue weighted by atomic mass is 10.2. The van der Waals surface area contributed by atoms with Gasteiger partial charge in [-0.3, -0.25) is 4.79 Å². The van der Waals surface area contributed by atoms with Crippen LogP contribution in [0.3, 0.4) is 0 Å². The highest BCUT2D eigenvalue weighted by Crippen LogP contribution is 2.24. The number of esters is 1. The Bertz CT molecular complexity index is 661. The summed E-state index contributed by atoms with van der Waals surface area (Å²) in [6.45, 7) is 2.87. The Balaban J connectivity index is 1.88. The van der Waals surface area contributed by atoms with Crippen molar-refractivity contribution in [2.24, 2.45) is 0 Å². The second kappa shape index (κ2) is 9.21. The van der Waals surface area contributed by atoms with Crippen LogP contribution in [-0.4, -0.2) is 27.9 Å². The van der Waals surface area contributed by atoms with Gasteiger partial charge in [-0.1, -0.05) is 41.0 Å². The Morgan fingerprint density at radius 1 is 1.39 bits per heavy atom. The van der Waals surface area contributed by atoms with E-state index in [0.29, 0.717) is 29.6 Å². The average molecular weight is 373 g/mol. The number of aromatic nitrogens is 2. The highest BCUT2D eigenvalue weighted by Gasteiger charge is 2.08. The summed E-state index contributed by atoms with van der Waals surface area (Å²) in [7, 11) is 0. The highest BCUT2D eigenvalue weighted by molar-refractivity contribution is 7.99. The molecule has 0 fully saturated rings. The Kier molecular flexibility index (Phi) is 7.27. The number of nitrogens with zero attached hydrogens (tertiary/aromatic N) is 2. The molecule has 0 radical (unpaired) electrons. The van der Waals surface area contributed by atoms with Crippen molar-refractivity contribution in [2.45, 2.75) is 31.5 Å². The number of imidazole rings is 1. The van der Waals surface area contributed by atoms with Gasteiger partial charge >= 0.3 is 5.97 Å². The third kappa shape index (κ3) is 5.75. The molecule has 1 aromatic carbocycles. The van der Waals surface area contributed by atoms with Crippen molar-refractivity contribution in [1.29, 1.82) is 0 Å². The Morgan fingerprint density at radius 3 is 2.96 bits per heavy atom. The first-order valence-electron chi connectivity index (χ1n) is 7.33. The molecule has 2 rings (SSSR count). The van der Waals surface area contributed by atoms with Crippen LogP contribution in [0.2, 0.25) is 10.0 Å². The van der Waals surface area contributed by atoms with E-state index in [-0.39, 0.29) is 5.97 Å². The Morgan fingerprint density at radius 2 is 2.22 bits per heavy atom. The minimum Gasteiger partial charge on any atom is -0.466 e. The lowest BCUT2D eigenvalue weighted by Crippen LogP contribution is -2.04. The predicted molar refractivity (Wildman–Crippen MR) is 94.4 cm³/mol. The van der Waals surface area contributed by atoms with Crippen molar-refractivity contribution in [3.8, 4) is 0 Å². The minimum atomic E-state index is -0.149. The fourth-order valence-corrected chi connectivity index (χ4v) is 3.37. The molecule has 1 aromatic heterocycles. The van der Waals surface area contributed by atoms with Crippen LogP contribution in [0.1, 0.15) is 25.3 Å². The number of benzene rings is 1.